The summed E-state index contributed by atoms with van der Waals surface area (Å²) >= 11 is 0. The van der Waals surface area contributed by atoms with Crippen LogP contribution in [0.25, 0.3) is 11.3 Å². The van der Waals surface area contributed by atoms with Gasteiger partial charge in [-0.2, -0.15) is 0 Å². The number of phenols is 1. The first-order chi connectivity index (χ1) is 22.2. The van der Waals surface area contributed by atoms with E-state index in [0.717, 1.165) is 37.5 Å². The largest absolute Gasteiger partial charge is 0.511 e. The van der Waals surface area contributed by atoms with Gasteiger partial charge in [-0.05, 0) is 72.8 Å². The maximum Gasteiger partial charge on any atom is 0.209 e. The molecule has 4 N–H and O–H groups in total. The van der Waals surface area contributed by atoms with Crippen molar-refractivity contribution in [1.82, 2.24) is 0 Å². The van der Waals surface area contributed by atoms with Crippen molar-refractivity contribution in [2.45, 2.75) is 113 Å². The average Bonchev–Trinajstić information content (AvgIpc) is 3.41. The van der Waals surface area contributed by atoms with Gasteiger partial charge in [-0.15, -0.1) is 0 Å². The summed E-state index contributed by atoms with van der Waals surface area (Å²) in [5.41, 5.74) is -4.03. The molecular weight excluding hydrogens is 608 g/mol. The fourth-order valence-electron chi connectivity index (χ4n) is 9.23. The molecule has 3 aliphatic carbocycles. The molecule has 1 aromatic carbocycles. The maximum atomic E-state index is 14.7. The standard InChI is InChI=1S/C40H52O8/c1-19(2)11-12-22(7)15-24-13-14-28(48-24)26-16-25(20(3)4)27-17-38(9)18-39(10)31(21(5)6)34(43)29(23(8)41)36(45)40(39,47)37(46)32(38)35(44)30(27)33(26)42/h13-14,16,19-22,31,42-43,46-47H,11-12,15,17-18H2,1-10H3/t22?,31?,38-,39-,40+/m1/s1. The number of aliphatic hydroxyl groups excluding tert-OH is 2. The zero-order valence-electron chi connectivity index (χ0n) is 30.1. The summed E-state index contributed by atoms with van der Waals surface area (Å²) in [4.78, 5) is 41.4. The monoisotopic (exact) mass is 660 g/mol. The van der Waals surface area contributed by atoms with Crippen molar-refractivity contribution in [2.75, 3.05) is 0 Å². The summed E-state index contributed by atoms with van der Waals surface area (Å²) in [6, 6.07) is 5.58. The van der Waals surface area contributed by atoms with Crippen molar-refractivity contribution in [3.05, 3.63) is 63.3 Å². The normalized spacial score (nSPS) is 27.9. The van der Waals surface area contributed by atoms with Crippen LogP contribution in [0.15, 0.2) is 45.3 Å². The molecule has 0 amide bonds. The molecule has 8 heteroatoms. The lowest BCUT2D eigenvalue weighted by molar-refractivity contribution is -0.171. The van der Waals surface area contributed by atoms with Crippen molar-refractivity contribution in [2.24, 2.45) is 34.5 Å². The molecule has 0 radical (unpaired) electrons. The van der Waals surface area contributed by atoms with Gasteiger partial charge in [-0.25, -0.2) is 0 Å². The Kier molecular flexibility index (Phi) is 8.94. The average molecular weight is 661 g/mol. The molecule has 0 fully saturated rings. The second kappa shape index (κ2) is 12.0. The Balaban J connectivity index is 1.69. The van der Waals surface area contributed by atoms with Gasteiger partial charge >= 0.3 is 0 Å². The van der Waals surface area contributed by atoms with Crippen LogP contribution in [0.2, 0.25) is 0 Å². The molecule has 5 atom stereocenters. The predicted octanol–water partition coefficient (Wildman–Crippen LogP) is 8.34. The molecule has 0 spiro atoms. The van der Waals surface area contributed by atoms with Gasteiger partial charge < -0.3 is 24.8 Å². The Morgan fingerprint density at radius 3 is 2.21 bits per heavy atom. The van der Waals surface area contributed by atoms with E-state index in [9.17, 15) is 34.8 Å². The van der Waals surface area contributed by atoms with E-state index >= 15 is 0 Å². The number of aromatic hydroxyl groups is 1. The van der Waals surface area contributed by atoms with E-state index in [4.69, 9.17) is 4.42 Å². The lowest BCUT2D eigenvalue weighted by Crippen LogP contribution is -2.67. The fraction of sp³-hybridized carbons (Fsp3) is 0.575. The molecule has 0 bridgehead atoms. The zero-order valence-corrected chi connectivity index (χ0v) is 30.1. The Hall–Kier alpha value is -3.65. The number of allylic oxidation sites excluding steroid dienone is 2. The number of carbonyl (C=O) groups is 3. The number of Topliss-reactive ketones (excluding diaryl/α,β-unsaturated/α-hetero) is 3. The Bertz CT molecular complexity index is 1750. The van der Waals surface area contributed by atoms with Crippen LogP contribution in [0.1, 0.15) is 122 Å². The molecule has 1 aromatic heterocycles. The highest BCUT2D eigenvalue weighted by Crippen LogP contribution is 2.65. The van der Waals surface area contributed by atoms with Crippen LogP contribution in [-0.4, -0.2) is 43.4 Å². The van der Waals surface area contributed by atoms with Crippen LogP contribution in [0.4, 0.5) is 0 Å². The van der Waals surface area contributed by atoms with Crippen molar-refractivity contribution < 1.29 is 39.2 Å². The van der Waals surface area contributed by atoms with E-state index in [1.165, 1.54) is 0 Å². The molecule has 5 rings (SSSR count). The summed E-state index contributed by atoms with van der Waals surface area (Å²) in [6.45, 7) is 18.9. The number of ketones is 3. The van der Waals surface area contributed by atoms with Crippen LogP contribution in [0.3, 0.4) is 0 Å². The number of rotatable bonds is 9. The number of aliphatic hydroxyl groups is 3. The number of benzene rings is 1. The summed E-state index contributed by atoms with van der Waals surface area (Å²) in [5.74, 6) is -3.04. The third kappa shape index (κ3) is 5.17. The van der Waals surface area contributed by atoms with Crippen molar-refractivity contribution in [3.8, 4) is 17.1 Å². The van der Waals surface area contributed by atoms with Gasteiger partial charge in [0, 0.05) is 28.7 Å². The van der Waals surface area contributed by atoms with E-state index in [2.05, 4.69) is 20.8 Å². The van der Waals surface area contributed by atoms with Crippen molar-refractivity contribution in [3.63, 3.8) is 0 Å². The van der Waals surface area contributed by atoms with Crippen LogP contribution in [0.5, 0.6) is 5.75 Å². The number of fused-ring (bicyclic) bond motifs is 3. The highest BCUT2D eigenvalue weighted by atomic mass is 16.4. The highest BCUT2D eigenvalue weighted by molar-refractivity contribution is 6.25. The van der Waals surface area contributed by atoms with Gasteiger partial charge in [-0.3, -0.25) is 14.4 Å². The van der Waals surface area contributed by atoms with E-state index in [1.54, 1.807) is 13.0 Å². The lowest BCUT2D eigenvalue weighted by Gasteiger charge is -2.59. The first-order valence-electron chi connectivity index (χ1n) is 17.4. The third-order valence-electron chi connectivity index (χ3n) is 11.4. The number of phenolic OH excluding ortho intramolecular Hbond substituents is 1. The van der Waals surface area contributed by atoms with E-state index in [0.29, 0.717) is 28.7 Å². The smallest absolute Gasteiger partial charge is 0.209 e. The molecule has 0 saturated heterocycles. The Morgan fingerprint density at radius 2 is 1.65 bits per heavy atom. The topological polar surface area (TPSA) is 145 Å². The van der Waals surface area contributed by atoms with Crippen LogP contribution in [-0.2, 0) is 22.4 Å². The van der Waals surface area contributed by atoms with Gasteiger partial charge in [0.2, 0.25) is 5.78 Å². The molecule has 0 saturated carbocycles. The molecule has 48 heavy (non-hydrogen) atoms. The molecular formula is C40H52O8. The number of furan rings is 1. The first-order valence-corrected chi connectivity index (χ1v) is 17.4. The molecule has 3 aliphatic rings. The van der Waals surface area contributed by atoms with Gasteiger partial charge in [0.25, 0.3) is 0 Å². The van der Waals surface area contributed by atoms with Gasteiger partial charge in [0.15, 0.2) is 17.2 Å². The highest BCUT2D eigenvalue weighted by Gasteiger charge is 2.71. The molecule has 2 unspecified atom stereocenters. The third-order valence-corrected chi connectivity index (χ3v) is 11.4. The van der Waals surface area contributed by atoms with E-state index in [1.807, 2.05) is 46.8 Å². The summed E-state index contributed by atoms with van der Waals surface area (Å²) in [7, 11) is 0. The minimum absolute atomic E-state index is 0.0135. The lowest BCUT2D eigenvalue weighted by atomic mass is 9.44. The minimum atomic E-state index is -2.65. The SMILES string of the molecule is CC(=O)C1=C(O)C(C(C)C)[C@@]2(C)C[C@@]3(C)Cc4c(C(C)C)cc(-c5ccc(CC(C)CCC(C)C)o5)c(O)c4C(=O)C3=C(O)[C@@]2(O)C1=O. The fourth-order valence-corrected chi connectivity index (χ4v) is 9.23. The van der Waals surface area contributed by atoms with Crippen LogP contribution >= 0.6 is 0 Å². The first kappa shape index (κ1) is 35.7. The van der Waals surface area contributed by atoms with E-state index in [-0.39, 0.29) is 41.6 Å². The van der Waals surface area contributed by atoms with Crippen molar-refractivity contribution >= 4 is 17.3 Å². The molecule has 0 aliphatic heterocycles. The maximum absolute atomic E-state index is 14.7. The quantitative estimate of drug-likeness (QED) is 0.196. The summed E-state index contributed by atoms with van der Waals surface area (Å²) < 4.78 is 6.25. The Labute approximate surface area is 283 Å². The predicted molar refractivity (Wildman–Crippen MR) is 184 cm³/mol. The van der Waals surface area contributed by atoms with Gasteiger partial charge in [0.05, 0.1) is 11.1 Å². The molecule has 1 heterocycles. The number of hydrogen-bond donors (Lipinski definition) is 4. The van der Waals surface area contributed by atoms with Gasteiger partial charge in [0.1, 0.15) is 34.4 Å². The van der Waals surface area contributed by atoms with Crippen LogP contribution in [0, 0.1) is 34.5 Å². The molecule has 8 nitrogen and oxygen atoms in total. The van der Waals surface area contributed by atoms with Crippen LogP contribution < -0.4 is 0 Å². The van der Waals surface area contributed by atoms with E-state index < -0.39 is 56.8 Å². The second-order valence-electron chi connectivity index (χ2n) is 16.4. The van der Waals surface area contributed by atoms with Crippen molar-refractivity contribution in [1.29, 1.82) is 0 Å². The van der Waals surface area contributed by atoms with Gasteiger partial charge in [-0.1, -0.05) is 75.2 Å². The summed E-state index contributed by atoms with van der Waals surface area (Å²) in [6.07, 6.45) is 3.22. The zero-order chi connectivity index (χ0) is 35.8. The minimum Gasteiger partial charge on any atom is -0.511 e. The Morgan fingerprint density at radius 1 is 1.00 bits per heavy atom. The number of hydrogen-bond acceptors (Lipinski definition) is 8. The molecule has 2 aromatic rings. The molecule has 260 valence electrons. The second-order valence-corrected chi connectivity index (χ2v) is 16.4. The number of carbonyl (C=O) groups excluding carboxylic acids is 3. The summed E-state index contributed by atoms with van der Waals surface area (Å²) in [5, 5.41) is 47.6.